The van der Waals surface area contributed by atoms with Gasteiger partial charge in [-0.3, -0.25) is 9.59 Å². The maximum absolute atomic E-state index is 13.3. The van der Waals surface area contributed by atoms with Crippen molar-refractivity contribution in [1.82, 2.24) is 14.4 Å². The molecule has 0 atom stereocenters. The van der Waals surface area contributed by atoms with Gasteiger partial charge in [-0.15, -0.1) is 0 Å². The molecule has 1 aliphatic heterocycles. The average molecular weight is 442 g/mol. The summed E-state index contributed by atoms with van der Waals surface area (Å²) < 4.78 is 15.0. The minimum Gasteiger partial charge on any atom is -0.505 e. The van der Waals surface area contributed by atoms with Gasteiger partial charge in [-0.25, -0.2) is 4.39 Å². The van der Waals surface area contributed by atoms with Crippen LogP contribution in [-0.4, -0.2) is 51.4 Å². The normalized spacial score (nSPS) is 13.6. The van der Waals surface area contributed by atoms with Crippen LogP contribution >= 0.6 is 0 Å². The van der Waals surface area contributed by atoms with Gasteiger partial charge in [0, 0.05) is 45.3 Å². The molecule has 1 aromatic heterocycles. The van der Waals surface area contributed by atoms with Gasteiger partial charge in [0.1, 0.15) is 11.4 Å². The van der Waals surface area contributed by atoms with Crippen LogP contribution < -0.4 is 0 Å². The van der Waals surface area contributed by atoms with E-state index in [2.05, 4.69) is 13.0 Å². The molecule has 0 spiro atoms. The number of halogens is 1. The molecule has 0 saturated carbocycles. The molecule has 1 aromatic carbocycles. The van der Waals surface area contributed by atoms with Gasteiger partial charge in [-0.2, -0.15) is 0 Å². The highest BCUT2D eigenvalue weighted by atomic mass is 19.1. The molecule has 2 aromatic rings. The van der Waals surface area contributed by atoms with Crippen molar-refractivity contribution < 1.29 is 19.1 Å². The first kappa shape index (κ1) is 23.6. The molecule has 1 N–H and O–H groups in total. The minimum absolute atomic E-state index is 0.191. The zero-order valence-corrected chi connectivity index (χ0v) is 19.1. The summed E-state index contributed by atoms with van der Waals surface area (Å²) in [6.45, 7) is 5.94. The van der Waals surface area contributed by atoms with Crippen LogP contribution in [0.3, 0.4) is 0 Å². The van der Waals surface area contributed by atoms with Crippen LogP contribution in [0.25, 0.3) is 0 Å². The van der Waals surface area contributed by atoms with Crippen molar-refractivity contribution >= 4 is 11.8 Å². The van der Waals surface area contributed by atoms with E-state index in [0.29, 0.717) is 38.3 Å². The summed E-state index contributed by atoms with van der Waals surface area (Å²) in [4.78, 5) is 29.7. The van der Waals surface area contributed by atoms with Crippen molar-refractivity contribution in [2.24, 2.45) is 0 Å². The lowest BCUT2D eigenvalue weighted by molar-refractivity contribution is 0.0721. The minimum atomic E-state index is -0.326. The highest BCUT2D eigenvalue weighted by Gasteiger charge is 2.36. The number of aromatic hydroxyl groups is 1. The van der Waals surface area contributed by atoms with E-state index in [1.165, 1.54) is 12.1 Å². The van der Waals surface area contributed by atoms with Crippen molar-refractivity contribution in [1.29, 1.82) is 0 Å². The zero-order chi connectivity index (χ0) is 23.3. The summed E-state index contributed by atoms with van der Waals surface area (Å²) in [5, 5.41) is 11.0. The van der Waals surface area contributed by atoms with Gasteiger partial charge in [0.15, 0.2) is 11.4 Å². The summed E-state index contributed by atoms with van der Waals surface area (Å²) >= 11 is 0. The van der Waals surface area contributed by atoms with Gasteiger partial charge in [-0.1, -0.05) is 38.1 Å². The van der Waals surface area contributed by atoms with Gasteiger partial charge in [0.25, 0.3) is 11.8 Å². The fourth-order valence-electron chi connectivity index (χ4n) is 4.12. The van der Waals surface area contributed by atoms with Crippen molar-refractivity contribution in [3.05, 3.63) is 64.7 Å². The summed E-state index contributed by atoms with van der Waals surface area (Å²) in [5.41, 5.74) is 1.93. The molecule has 172 valence electrons. The van der Waals surface area contributed by atoms with E-state index < -0.39 is 0 Å². The van der Waals surface area contributed by atoms with Crippen molar-refractivity contribution in [3.63, 3.8) is 0 Å². The van der Waals surface area contributed by atoms with E-state index in [9.17, 15) is 19.1 Å². The topological polar surface area (TPSA) is 65.8 Å². The number of nitrogens with zero attached hydrogens (tertiary/aromatic N) is 3. The standard InChI is InChI=1S/C25H32FN3O3/c1-4-6-7-8-15-27(3)25(32)22-23(30)21-20(29(22)14-5-2)13-16-28(24(21)31)17-18-9-11-19(26)12-10-18/h6-7,9-12,30H,4-5,8,13-17H2,1-3H3/b7-6+. The first-order valence-electron chi connectivity index (χ1n) is 11.3. The van der Waals surface area contributed by atoms with E-state index >= 15 is 0 Å². The smallest absolute Gasteiger partial charge is 0.274 e. The zero-order valence-electron chi connectivity index (χ0n) is 19.1. The van der Waals surface area contributed by atoms with Crippen molar-refractivity contribution in [2.45, 2.75) is 52.6 Å². The Morgan fingerprint density at radius 3 is 2.59 bits per heavy atom. The molecule has 0 radical (unpaired) electrons. The Bertz CT molecular complexity index is 995. The Labute approximate surface area is 188 Å². The van der Waals surface area contributed by atoms with Crippen LogP contribution in [0.15, 0.2) is 36.4 Å². The monoisotopic (exact) mass is 441 g/mol. The maximum Gasteiger partial charge on any atom is 0.274 e. The lowest BCUT2D eigenvalue weighted by Crippen LogP contribution is -2.37. The number of carbonyl (C=O) groups excluding carboxylic acids is 2. The Balaban J connectivity index is 1.88. The van der Waals surface area contributed by atoms with Crippen molar-refractivity contribution in [3.8, 4) is 5.75 Å². The quantitative estimate of drug-likeness (QED) is 0.588. The van der Waals surface area contributed by atoms with Gasteiger partial charge in [0.05, 0.1) is 0 Å². The lowest BCUT2D eigenvalue weighted by atomic mass is 10.0. The van der Waals surface area contributed by atoms with Crippen LogP contribution in [0.5, 0.6) is 5.75 Å². The summed E-state index contributed by atoms with van der Waals surface area (Å²) in [5.74, 6) is -1.14. The lowest BCUT2D eigenvalue weighted by Gasteiger charge is -2.28. The fourth-order valence-corrected chi connectivity index (χ4v) is 4.12. The third-order valence-electron chi connectivity index (χ3n) is 5.78. The van der Waals surface area contributed by atoms with Crippen LogP contribution in [0.4, 0.5) is 4.39 Å². The van der Waals surface area contributed by atoms with Gasteiger partial charge >= 0.3 is 0 Å². The fraction of sp³-hybridized carbons (Fsp3) is 0.440. The van der Waals surface area contributed by atoms with Crippen LogP contribution in [-0.2, 0) is 19.5 Å². The number of fused-ring (bicyclic) bond motifs is 1. The molecule has 2 amide bonds. The number of rotatable bonds is 9. The molecule has 0 fully saturated rings. The van der Waals surface area contributed by atoms with E-state index in [1.54, 1.807) is 29.0 Å². The van der Waals surface area contributed by atoms with Crippen LogP contribution in [0.2, 0.25) is 0 Å². The molecule has 3 rings (SSSR count). The van der Waals surface area contributed by atoms with Crippen LogP contribution in [0.1, 0.15) is 65.2 Å². The van der Waals surface area contributed by atoms with E-state index in [-0.39, 0.29) is 34.6 Å². The second-order valence-corrected chi connectivity index (χ2v) is 8.17. The van der Waals surface area contributed by atoms with E-state index in [1.807, 2.05) is 17.6 Å². The van der Waals surface area contributed by atoms with Gasteiger partial charge in [0.2, 0.25) is 0 Å². The highest BCUT2D eigenvalue weighted by molar-refractivity contribution is 6.05. The molecule has 7 heteroatoms. The summed E-state index contributed by atoms with van der Waals surface area (Å²) in [6, 6.07) is 6.04. The largest absolute Gasteiger partial charge is 0.505 e. The second kappa shape index (κ2) is 10.5. The van der Waals surface area contributed by atoms with Gasteiger partial charge in [-0.05, 0) is 37.0 Å². The predicted molar refractivity (Wildman–Crippen MR) is 122 cm³/mol. The first-order chi connectivity index (χ1) is 15.4. The molecular formula is C25H32FN3O3. The number of benzene rings is 1. The third kappa shape index (κ3) is 4.87. The van der Waals surface area contributed by atoms with Crippen molar-refractivity contribution in [2.75, 3.05) is 20.1 Å². The molecule has 2 heterocycles. The van der Waals surface area contributed by atoms with Gasteiger partial charge < -0.3 is 19.5 Å². The van der Waals surface area contributed by atoms with E-state index in [0.717, 1.165) is 24.8 Å². The molecule has 6 nitrogen and oxygen atoms in total. The average Bonchev–Trinajstić information content (AvgIpc) is 3.06. The number of carbonyl (C=O) groups is 2. The highest BCUT2D eigenvalue weighted by Crippen LogP contribution is 2.35. The Morgan fingerprint density at radius 1 is 1.22 bits per heavy atom. The molecule has 0 bridgehead atoms. The summed E-state index contributed by atoms with van der Waals surface area (Å²) in [6.07, 6.45) is 7.10. The SMILES string of the molecule is CC/C=C/CCN(C)C(=O)c1c(O)c2c(n1CCC)CCN(Cc1ccc(F)cc1)C2=O. The number of allylic oxidation sites excluding steroid dienone is 1. The number of aromatic nitrogens is 1. The van der Waals surface area contributed by atoms with E-state index in [4.69, 9.17) is 0 Å². The molecular weight excluding hydrogens is 409 g/mol. The molecule has 0 unspecified atom stereocenters. The van der Waals surface area contributed by atoms with Crippen LogP contribution in [0, 0.1) is 5.82 Å². The third-order valence-corrected chi connectivity index (χ3v) is 5.78. The molecule has 32 heavy (non-hydrogen) atoms. The Kier molecular flexibility index (Phi) is 7.72. The first-order valence-corrected chi connectivity index (χ1v) is 11.3. The Hall–Kier alpha value is -3.09. The second-order valence-electron chi connectivity index (χ2n) is 8.17. The predicted octanol–water partition coefficient (Wildman–Crippen LogP) is 4.37. The number of hydrogen-bond donors (Lipinski definition) is 1. The molecule has 0 saturated heterocycles. The Morgan fingerprint density at radius 2 is 1.94 bits per heavy atom. The molecule has 1 aliphatic rings. The number of hydrogen-bond acceptors (Lipinski definition) is 3. The number of amides is 2. The maximum atomic E-state index is 13.3. The molecule has 0 aliphatic carbocycles. The summed E-state index contributed by atoms with van der Waals surface area (Å²) in [7, 11) is 1.71.